The topological polar surface area (TPSA) is 78.9 Å². The van der Waals surface area contributed by atoms with Gasteiger partial charge >= 0.3 is 17.9 Å². The first-order valence-electron chi connectivity index (χ1n) is 29.8. The maximum atomic E-state index is 12.8. The first-order valence-corrected chi connectivity index (χ1v) is 29.8. The van der Waals surface area contributed by atoms with Gasteiger partial charge in [-0.25, -0.2) is 0 Å². The number of rotatable bonds is 52. The summed E-state index contributed by atoms with van der Waals surface area (Å²) in [6.07, 6.45) is 87.1. The molecule has 1 atom stereocenters. The molecule has 0 aliphatic heterocycles. The second-order valence-electron chi connectivity index (χ2n) is 19.1. The number of esters is 3. The summed E-state index contributed by atoms with van der Waals surface area (Å²) in [5, 5.41) is 0. The van der Waals surface area contributed by atoms with Crippen LogP contribution in [0, 0.1) is 0 Å². The van der Waals surface area contributed by atoms with Crippen molar-refractivity contribution in [2.75, 3.05) is 13.2 Å². The lowest BCUT2D eigenvalue weighted by molar-refractivity contribution is -0.166. The van der Waals surface area contributed by atoms with E-state index in [9.17, 15) is 14.4 Å². The van der Waals surface area contributed by atoms with Crippen LogP contribution in [0.2, 0.25) is 0 Å². The predicted molar refractivity (Wildman–Crippen MR) is 320 cm³/mol. The molecule has 74 heavy (non-hydrogen) atoms. The fourth-order valence-corrected chi connectivity index (χ4v) is 7.71. The zero-order valence-electron chi connectivity index (χ0n) is 47.5. The van der Waals surface area contributed by atoms with Crippen molar-refractivity contribution in [1.29, 1.82) is 0 Å². The molecule has 0 heterocycles. The number of unbranched alkanes of at least 4 members (excludes halogenated alkanes) is 17. The molecule has 0 aliphatic carbocycles. The van der Waals surface area contributed by atoms with E-state index in [2.05, 4.69) is 154 Å². The fourth-order valence-electron chi connectivity index (χ4n) is 7.71. The number of hydrogen-bond donors (Lipinski definition) is 0. The predicted octanol–water partition coefficient (Wildman–Crippen LogP) is 20.4. The molecule has 0 aromatic rings. The lowest BCUT2D eigenvalue weighted by atomic mass is 10.0. The summed E-state index contributed by atoms with van der Waals surface area (Å²) in [7, 11) is 0. The number of hydrogen-bond acceptors (Lipinski definition) is 6. The third-order valence-electron chi connectivity index (χ3n) is 12.1. The van der Waals surface area contributed by atoms with E-state index in [0.29, 0.717) is 19.3 Å². The molecule has 0 radical (unpaired) electrons. The van der Waals surface area contributed by atoms with E-state index in [1.807, 2.05) is 12.2 Å². The highest BCUT2D eigenvalue weighted by Gasteiger charge is 2.19. The van der Waals surface area contributed by atoms with Crippen LogP contribution in [0.4, 0.5) is 0 Å². The van der Waals surface area contributed by atoms with Crippen molar-refractivity contribution in [2.24, 2.45) is 0 Å². The summed E-state index contributed by atoms with van der Waals surface area (Å²) in [4.78, 5) is 38.2. The minimum atomic E-state index is -0.842. The molecule has 6 nitrogen and oxygen atoms in total. The van der Waals surface area contributed by atoms with Crippen LogP contribution in [0.5, 0.6) is 0 Å². The molecule has 6 heteroatoms. The van der Waals surface area contributed by atoms with Gasteiger partial charge in [-0.15, -0.1) is 0 Å². The second-order valence-corrected chi connectivity index (χ2v) is 19.1. The molecule has 0 fully saturated rings. The number of carbonyl (C=O) groups is 3. The smallest absolute Gasteiger partial charge is 0.306 e. The summed E-state index contributed by atoms with van der Waals surface area (Å²) in [5.41, 5.74) is 0. The first-order chi connectivity index (χ1) is 36.5. The van der Waals surface area contributed by atoms with E-state index in [1.54, 1.807) is 0 Å². The highest BCUT2D eigenvalue weighted by Crippen LogP contribution is 2.15. The van der Waals surface area contributed by atoms with Crippen LogP contribution in [0.1, 0.15) is 245 Å². The Balaban J connectivity index is 4.59. The summed E-state index contributed by atoms with van der Waals surface area (Å²) in [6, 6.07) is 0. The molecule has 416 valence electrons. The van der Waals surface area contributed by atoms with Crippen LogP contribution in [0.15, 0.2) is 146 Å². The fraction of sp³-hybridized carbons (Fsp3) is 0.603. The Labute approximate surface area is 455 Å². The van der Waals surface area contributed by atoms with Gasteiger partial charge in [0, 0.05) is 19.3 Å². The van der Waals surface area contributed by atoms with Crippen LogP contribution in [-0.4, -0.2) is 37.2 Å². The summed E-state index contributed by atoms with van der Waals surface area (Å²) in [5.74, 6) is -1.06. The van der Waals surface area contributed by atoms with E-state index < -0.39 is 12.1 Å². The van der Waals surface area contributed by atoms with E-state index in [-0.39, 0.29) is 38.0 Å². The maximum absolute atomic E-state index is 12.8. The Morgan fingerprint density at radius 1 is 0.284 bits per heavy atom. The van der Waals surface area contributed by atoms with Gasteiger partial charge in [-0.1, -0.05) is 263 Å². The quantitative estimate of drug-likeness (QED) is 0.0261. The Kier molecular flexibility index (Phi) is 57.0. The van der Waals surface area contributed by atoms with Crippen LogP contribution in [-0.2, 0) is 28.6 Å². The zero-order valence-corrected chi connectivity index (χ0v) is 47.5. The highest BCUT2D eigenvalue weighted by molar-refractivity contribution is 5.71. The average Bonchev–Trinajstić information content (AvgIpc) is 3.40. The average molecular weight is 1020 g/mol. The van der Waals surface area contributed by atoms with Gasteiger partial charge in [0.1, 0.15) is 13.2 Å². The van der Waals surface area contributed by atoms with Crippen molar-refractivity contribution in [3.63, 3.8) is 0 Å². The van der Waals surface area contributed by atoms with Gasteiger partial charge < -0.3 is 14.2 Å². The minimum Gasteiger partial charge on any atom is -0.462 e. The number of allylic oxidation sites excluding steroid dienone is 24. The minimum absolute atomic E-state index is 0.126. The van der Waals surface area contributed by atoms with Crippen molar-refractivity contribution in [1.82, 2.24) is 0 Å². The van der Waals surface area contributed by atoms with Gasteiger partial charge in [0.2, 0.25) is 0 Å². The summed E-state index contributed by atoms with van der Waals surface area (Å²) in [6.45, 7) is 6.31. The Morgan fingerprint density at radius 2 is 0.554 bits per heavy atom. The molecule has 0 spiro atoms. The molecular formula is C68H108O6. The molecule has 1 unspecified atom stereocenters. The van der Waals surface area contributed by atoms with Gasteiger partial charge in [-0.2, -0.15) is 0 Å². The summed E-state index contributed by atoms with van der Waals surface area (Å²) >= 11 is 0. The Bertz CT molecular complexity index is 1640. The molecule has 0 amide bonds. The molecule has 0 saturated heterocycles. The van der Waals surface area contributed by atoms with Crippen LogP contribution < -0.4 is 0 Å². The first kappa shape index (κ1) is 69.3. The van der Waals surface area contributed by atoms with Gasteiger partial charge in [0.15, 0.2) is 6.10 Å². The molecule has 0 bridgehead atoms. The number of ether oxygens (including phenoxy) is 3. The van der Waals surface area contributed by atoms with Gasteiger partial charge in [-0.3, -0.25) is 14.4 Å². The molecule has 0 aliphatic rings. The van der Waals surface area contributed by atoms with Crippen molar-refractivity contribution < 1.29 is 28.6 Å². The Morgan fingerprint density at radius 3 is 0.878 bits per heavy atom. The molecule has 0 aromatic heterocycles. The van der Waals surface area contributed by atoms with Crippen LogP contribution >= 0.6 is 0 Å². The van der Waals surface area contributed by atoms with Gasteiger partial charge in [0.25, 0.3) is 0 Å². The van der Waals surface area contributed by atoms with E-state index in [4.69, 9.17) is 14.2 Å². The summed E-state index contributed by atoms with van der Waals surface area (Å²) < 4.78 is 16.8. The molecule has 0 rings (SSSR count). The van der Waals surface area contributed by atoms with E-state index in [1.165, 1.54) is 83.5 Å². The van der Waals surface area contributed by atoms with Crippen molar-refractivity contribution in [3.05, 3.63) is 146 Å². The van der Waals surface area contributed by atoms with Crippen molar-refractivity contribution in [3.8, 4) is 0 Å². The van der Waals surface area contributed by atoms with E-state index >= 15 is 0 Å². The lowest BCUT2D eigenvalue weighted by Crippen LogP contribution is -2.30. The molecule has 0 saturated carbocycles. The number of carbonyl (C=O) groups excluding carboxylic acids is 3. The van der Waals surface area contributed by atoms with Crippen LogP contribution in [0.3, 0.4) is 0 Å². The lowest BCUT2D eigenvalue weighted by Gasteiger charge is -2.18. The van der Waals surface area contributed by atoms with Gasteiger partial charge in [-0.05, 0) is 109 Å². The molecule has 0 aromatic carbocycles. The highest BCUT2D eigenvalue weighted by atomic mass is 16.6. The SMILES string of the molecule is CC/C=C\C/C=C\C/C=C\C/C=C\C/C=C\C/C=C\CCCCC(=O)OCC(COC(=O)CCCCCCCCCCCCCCCCCC)OC(=O)CC/C=C\C/C=C\C/C=C\C/C=C\C/C=C\C/C=C\CC. The monoisotopic (exact) mass is 1020 g/mol. The third-order valence-corrected chi connectivity index (χ3v) is 12.1. The largest absolute Gasteiger partial charge is 0.462 e. The zero-order chi connectivity index (χ0) is 53.6. The third kappa shape index (κ3) is 58.2. The second kappa shape index (κ2) is 60.8. The maximum Gasteiger partial charge on any atom is 0.306 e. The van der Waals surface area contributed by atoms with Crippen molar-refractivity contribution in [2.45, 2.75) is 252 Å². The van der Waals surface area contributed by atoms with Crippen LogP contribution in [0.25, 0.3) is 0 Å². The van der Waals surface area contributed by atoms with E-state index in [0.717, 1.165) is 109 Å². The van der Waals surface area contributed by atoms with Crippen molar-refractivity contribution >= 4 is 17.9 Å². The molecular weight excluding hydrogens is 913 g/mol. The normalized spacial score (nSPS) is 13.2. The standard InChI is InChI=1S/C68H108O6/c1-4-7-10-13-16-19-22-25-28-31-33-34-36-37-40-43-46-49-52-55-58-61-67(70)73-64-65(63-72-66(69)60-57-54-51-48-45-42-39-30-27-24-21-18-15-12-9-6-3)74-68(71)62-59-56-53-50-47-44-41-38-35-32-29-26-23-20-17-14-11-8-5-2/h7-8,10-11,16-17,19-20,25-26,28-29,33-35,37-38,40,44,46-47,49,53,56,65H,4-6,9,12-15,18,21-24,27,30-32,36,39,41-43,45,48,50-52,54-55,57-64H2,1-3H3/b10-7-,11-8-,19-16-,20-17-,28-25-,29-26-,34-33-,38-35-,40-37-,47-44-,49-46-,56-53-. The molecule has 0 N–H and O–H groups in total. The van der Waals surface area contributed by atoms with Gasteiger partial charge in [0.05, 0.1) is 0 Å². The Hall–Kier alpha value is -4.71.